The molecule has 1 aromatic rings. The van der Waals surface area contributed by atoms with E-state index in [0.717, 1.165) is 50.3 Å². The summed E-state index contributed by atoms with van der Waals surface area (Å²) in [6, 6.07) is 0. The standard InChI is InChI=1S/C23H33N3O3S/c1-18-24-21(16-30-18)22(28)26-13-15-29-23(17-26)8-11-25(12-9-23)10-6-19-2-4-20(5-3-19)7-14-27/h2,4-5,16,19,27H,3,6-15,17H2,1H3. The molecule has 0 saturated carbocycles. The second-order valence-corrected chi connectivity index (χ2v) is 9.81. The largest absolute Gasteiger partial charge is 0.396 e. The highest BCUT2D eigenvalue weighted by Gasteiger charge is 2.41. The van der Waals surface area contributed by atoms with E-state index in [0.29, 0.717) is 31.3 Å². The SMILES string of the molecule is Cc1nc(C(=O)N2CCOC3(CCN(CCC4C=CC(CCO)=CC4)CC3)C2)cs1. The summed E-state index contributed by atoms with van der Waals surface area (Å²) in [5.41, 5.74) is 1.64. The Morgan fingerprint density at radius 3 is 2.87 bits per heavy atom. The smallest absolute Gasteiger partial charge is 0.273 e. The van der Waals surface area contributed by atoms with Crippen molar-refractivity contribution < 1.29 is 14.6 Å². The number of nitrogens with zero attached hydrogens (tertiary/aromatic N) is 3. The van der Waals surface area contributed by atoms with Crippen molar-refractivity contribution in [3.8, 4) is 0 Å². The zero-order chi connectivity index (χ0) is 21.0. The van der Waals surface area contributed by atoms with Gasteiger partial charge in [0, 0.05) is 31.6 Å². The molecule has 164 valence electrons. The van der Waals surface area contributed by atoms with E-state index in [1.54, 1.807) is 0 Å². The van der Waals surface area contributed by atoms with Gasteiger partial charge in [-0.25, -0.2) is 4.98 Å². The van der Waals surface area contributed by atoms with Crippen LogP contribution < -0.4 is 0 Å². The predicted molar refractivity (Wildman–Crippen MR) is 119 cm³/mol. The van der Waals surface area contributed by atoms with Crippen molar-refractivity contribution in [2.75, 3.05) is 45.9 Å². The molecule has 30 heavy (non-hydrogen) atoms. The normalized spacial score (nSPS) is 24.3. The number of likely N-dealkylation sites (tertiary alicyclic amines) is 1. The van der Waals surface area contributed by atoms with Crippen molar-refractivity contribution >= 4 is 17.2 Å². The number of carbonyl (C=O) groups excluding carboxylic acids is 1. The molecule has 2 aliphatic heterocycles. The van der Waals surface area contributed by atoms with E-state index in [4.69, 9.17) is 9.84 Å². The van der Waals surface area contributed by atoms with Gasteiger partial charge in [0.15, 0.2) is 0 Å². The zero-order valence-electron chi connectivity index (χ0n) is 17.9. The van der Waals surface area contributed by atoms with Crippen LogP contribution in [0.4, 0.5) is 0 Å². The Hall–Kier alpha value is -1.54. The van der Waals surface area contributed by atoms with Crippen LogP contribution in [-0.2, 0) is 4.74 Å². The van der Waals surface area contributed by atoms with Gasteiger partial charge in [0.05, 0.1) is 23.8 Å². The van der Waals surface area contributed by atoms with Gasteiger partial charge in [-0.05, 0) is 51.5 Å². The van der Waals surface area contributed by atoms with Gasteiger partial charge in [0.25, 0.3) is 5.91 Å². The van der Waals surface area contributed by atoms with Crippen LogP contribution in [0.5, 0.6) is 0 Å². The van der Waals surface area contributed by atoms with Crippen LogP contribution in [0, 0.1) is 12.8 Å². The Morgan fingerprint density at radius 2 is 2.20 bits per heavy atom. The first-order valence-corrected chi connectivity index (χ1v) is 12.0. The third-order valence-electron chi connectivity index (χ3n) is 6.62. The van der Waals surface area contributed by atoms with Crippen LogP contribution in [0.15, 0.2) is 29.2 Å². The Bertz CT molecular complexity index is 795. The molecule has 1 spiro atoms. The maximum absolute atomic E-state index is 12.8. The molecule has 3 aliphatic rings. The van der Waals surface area contributed by atoms with Crippen molar-refractivity contribution in [3.63, 3.8) is 0 Å². The van der Waals surface area contributed by atoms with Gasteiger partial charge >= 0.3 is 0 Å². The van der Waals surface area contributed by atoms with Crippen molar-refractivity contribution in [3.05, 3.63) is 39.9 Å². The second-order valence-electron chi connectivity index (χ2n) is 8.75. The molecule has 0 aromatic carbocycles. The molecule has 1 aliphatic carbocycles. The molecule has 6 nitrogen and oxygen atoms in total. The van der Waals surface area contributed by atoms with Gasteiger partial charge < -0.3 is 19.6 Å². The van der Waals surface area contributed by atoms with Gasteiger partial charge in [-0.3, -0.25) is 4.79 Å². The minimum absolute atomic E-state index is 0.0437. The Balaban J connectivity index is 1.24. The molecular formula is C23H33N3O3S. The van der Waals surface area contributed by atoms with Gasteiger partial charge in [-0.1, -0.05) is 23.8 Å². The van der Waals surface area contributed by atoms with Gasteiger partial charge in [0.1, 0.15) is 5.69 Å². The van der Waals surface area contributed by atoms with Gasteiger partial charge in [-0.15, -0.1) is 11.3 Å². The average Bonchev–Trinajstić information content (AvgIpc) is 3.20. The van der Waals surface area contributed by atoms with E-state index in [1.165, 1.54) is 23.3 Å². The Kier molecular flexibility index (Phi) is 7.03. The number of carbonyl (C=O) groups is 1. The minimum atomic E-state index is -0.192. The van der Waals surface area contributed by atoms with Gasteiger partial charge in [0.2, 0.25) is 0 Å². The number of aromatic nitrogens is 1. The summed E-state index contributed by atoms with van der Waals surface area (Å²) in [6.45, 7) is 7.27. The zero-order valence-corrected chi connectivity index (χ0v) is 18.7. The first-order chi connectivity index (χ1) is 14.6. The molecule has 1 amide bonds. The fourth-order valence-corrected chi connectivity index (χ4v) is 5.30. The summed E-state index contributed by atoms with van der Waals surface area (Å²) < 4.78 is 6.23. The van der Waals surface area contributed by atoms with E-state index in [2.05, 4.69) is 28.1 Å². The third-order valence-corrected chi connectivity index (χ3v) is 7.40. The van der Waals surface area contributed by atoms with Crippen LogP contribution in [0.3, 0.4) is 0 Å². The number of hydrogen-bond donors (Lipinski definition) is 1. The lowest BCUT2D eigenvalue weighted by Crippen LogP contribution is -2.58. The number of amides is 1. The number of piperidine rings is 1. The highest BCUT2D eigenvalue weighted by atomic mass is 32.1. The van der Waals surface area contributed by atoms with E-state index < -0.39 is 0 Å². The summed E-state index contributed by atoms with van der Waals surface area (Å²) in [6.07, 6.45) is 11.7. The molecule has 2 saturated heterocycles. The summed E-state index contributed by atoms with van der Waals surface area (Å²) in [5.74, 6) is 0.645. The molecule has 2 fully saturated rings. The monoisotopic (exact) mass is 431 g/mol. The van der Waals surface area contributed by atoms with Crippen molar-refractivity contribution in [2.24, 2.45) is 5.92 Å². The van der Waals surface area contributed by atoms with Gasteiger partial charge in [-0.2, -0.15) is 0 Å². The van der Waals surface area contributed by atoms with Crippen molar-refractivity contribution in [1.82, 2.24) is 14.8 Å². The fourth-order valence-electron chi connectivity index (χ4n) is 4.71. The number of rotatable bonds is 6. The van der Waals surface area contributed by atoms with Crippen LogP contribution in [0.2, 0.25) is 0 Å². The topological polar surface area (TPSA) is 65.9 Å². The second kappa shape index (κ2) is 9.73. The number of thiazole rings is 1. The van der Waals surface area contributed by atoms with Crippen LogP contribution in [-0.4, -0.2) is 77.3 Å². The van der Waals surface area contributed by atoms with Crippen molar-refractivity contribution in [1.29, 1.82) is 0 Å². The van der Waals surface area contributed by atoms with E-state index >= 15 is 0 Å². The number of aliphatic hydroxyl groups is 1. The van der Waals surface area contributed by atoms with E-state index in [1.807, 2.05) is 17.2 Å². The lowest BCUT2D eigenvalue weighted by molar-refractivity contribution is -0.127. The van der Waals surface area contributed by atoms with E-state index in [-0.39, 0.29) is 18.1 Å². The highest BCUT2D eigenvalue weighted by molar-refractivity contribution is 7.09. The highest BCUT2D eigenvalue weighted by Crippen LogP contribution is 2.31. The van der Waals surface area contributed by atoms with Crippen LogP contribution >= 0.6 is 11.3 Å². The molecule has 7 heteroatoms. The van der Waals surface area contributed by atoms with Crippen LogP contribution in [0.25, 0.3) is 0 Å². The summed E-state index contributed by atoms with van der Waals surface area (Å²) in [5, 5.41) is 11.9. The first kappa shape index (κ1) is 21.7. The Labute approximate surface area is 183 Å². The lowest BCUT2D eigenvalue weighted by Gasteiger charge is -2.47. The molecule has 1 N–H and O–H groups in total. The number of allylic oxidation sites excluding steroid dienone is 3. The maximum atomic E-state index is 12.8. The number of aryl methyl sites for hydroxylation is 1. The molecule has 4 rings (SSSR count). The molecular weight excluding hydrogens is 398 g/mol. The summed E-state index contributed by atoms with van der Waals surface area (Å²) in [4.78, 5) is 21.7. The third kappa shape index (κ3) is 5.19. The molecule has 0 bridgehead atoms. The first-order valence-electron chi connectivity index (χ1n) is 11.1. The summed E-state index contributed by atoms with van der Waals surface area (Å²) >= 11 is 1.53. The lowest BCUT2D eigenvalue weighted by atomic mass is 9.88. The minimum Gasteiger partial charge on any atom is -0.396 e. The number of hydrogen-bond acceptors (Lipinski definition) is 6. The fraction of sp³-hybridized carbons (Fsp3) is 0.652. The van der Waals surface area contributed by atoms with Crippen molar-refractivity contribution in [2.45, 2.75) is 44.6 Å². The van der Waals surface area contributed by atoms with Crippen LogP contribution in [0.1, 0.15) is 47.6 Å². The molecule has 3 heterocycles. The molecule has 1 unspecified atom stereocenters. The Morgan fingerprint density at radius 1 is 1.37 bits per heavy atom. The quantitative estimate of drug-likeness (QED) is 0.750. The molecule has 1 aromatic heterocycles. The maximum Gasteiger partial charge on any atom is 0.273 e. The molecule has 1 atom stereocenters. The predicted octanol–water partition coefficient (Wildman–Crippen LogP) is 3.03. The number of morpholine rings is 1. The number of ether oxygens (including phenoxy) is 1. The average molecular weight is 432 g/mol. The van der Waals surface area contributed by atoms with E-state index in [9.17, 15) is 4.79 Å². The number of aliphatic hydroxyl groups excluding tert-OH is 1. The molecule has 0 radical (unpaired) electrons. The summed E-state index contributed by atoms with van der Waals surface area (Å²) in [7, 11) is 0.